The lowest BCUT2D eigenvalue weighted by Gasteiger charge is -2.39. The van der Waals surface area contributed by atoms with Crippen molar-refractivity contribution in [3.8, 4) is 169 Å². The molecule has 2 aliphatic carbocycles. The maximum Gasteiger partial charge on any atom is 0.160 e. The number of benzene rings is 16. The third kappa shape index (κ3) is 10.3. The number of aromatic nitrogens is 4. The molecule has 2 aliphatic heterocycles. The smallest absolute Gasteiger partial charge is 0.160 e. The first-order valence-corrected chi connectivity index (χ1v) is 38.2. The average Bonchev–Trinajstić information content (AvgIpc) is 1.45. The molecule has 2 aromatic heterocycles. The normalized spacial score (nSPS) is 13.1. The number of hydrogen-bond donors (Lipinski definition) is 0. The van der Waals surface area contributed by atoms with Gasteiger partial charge in [0, 0.05) is 55.6 Å². The first-order valence-electron chi connectivity index (χ1n) is 38.2. The van der Waals surface area contributed by atoms with Crippen molar-refractivity contribution in [3.63, 3.8) is 0 Å². The molecule has 0 saturated heterocycles. The Labute approximate surface area is 649 Å². The molecule has 4 aliphatic rings. The zero-order valence-corrected chi connectivity index (χ0v) is 60.7. The summed E-state index contributed by atoms with van der Waals surface area (Å²) in [5.74, 6) is 4.70. The van der Waals surface area contributed by atoms with E-state index in [1.165, 1.54) is 44.5 Å². The minimum Gasteiger partial charge on any atom is -0.457 e. The predicted molar refractivity (Wildman–Crippen MR) is 452 cm³/mol. The monoisotopic (exact) mass is 1430 g/mol. The molecule has 2 spiro atoms. The summed E-state index contributed by atoms with van der Waals surface area (Å²) < 4.78 is 14.0. The molecule has 0 N–H and O–H groups in total. The highest BCUT2D eigenvalue weighted by Gasteiger charge is 2.53. The summed E-state index contributed by atoms with van der Waals surface area (Å²) >= 11 is 0. The molecule has 112 heavy (non-hydrogen) atoms. The van der Waals surface area contributed by atoms with Gasteiger partial charge in [-0.1, -0.05) is 352 Å². The van der Waals surface area contributed by atoms with E-state index in [1.54, 1.807) is 0 Å². The maximum atomic E-state index is 6.98. The van der Waals surface area contributed by atoms with Crippen LogP contribution in [0.4, 0.5) is 0 Å². The fraction of sp³-hybridized carbons (Fsp3) is 0.0189. The second-order valence-corrected chi connectivity index (χ2v) is 29.4. The van der Waals surface area contributed by atoms with Gasteiger partial charge < -0.3 is 9.47 Å². The molecule has 0 radical (unpaired) electrons. The number of nitrogens with zero attached hydrogens (tertiary/aromatic N) is 4. The first kappa shape index (κ1) is 64.5. The summed E-state index contributed by atoms with van der Waals surface area (Å²) in [5.41, 5.74) is 33.3. The molecule has 0 bridgehead atoms. The van der Waals surface area contributed by atoms with E-state index in [0.29, 0.717) is 11.6 Å². The molecule has 18 aromatic rings. The van der Waals surface area contributed by atoms with Crippen molar-refractivity contribution < 1.29 is 9.47 Å². The fourth-order valence-electron chi connectivity index (χ4n) is 18.3. The third-order valence-corrected chi connectivity index (χ3v) is 23.3. The van der Waals surface area contributed by atoms with E-state index >= 15 is 0 Å². The van der Waals surface area contributed by atoms with Gasteiger partial charge in [0.2, 0.25) is 0 Å². The number of fused-ring (bicyclic) bond motifs is 18. The summed E-state index contributed by atoms with van der Waals surface area (Å²) in [6.07, 6.45) is 0. The average molecular weight is 1430 g/mol. The molecular formula is C106H66N4O2. The zero-order valence-electron chi connectivity index (χ0n) is 60.7. The lowest BCUT2D eigenvalue weighted by Crippen LogP contribution is -2.32. The molecule has 4 heterocycles. The molecule has 522 valence electrons. The molecule has 6 nitrogen and oxygen atoms in total. The number of rotatable bonds is 11. The Kier molecular flexibility index (Phi) is 15.0. The van der Waals surface area contributed by atoms with Crippen molar-refractivity contribution in [1.82, 2.24) is 19.9 Å². The molecule has 6 heteroatoms. The van der Waals surface area contributed by atoms with Crippen LogP contribution in [0.5, 0.6) is 23.0 Å². The molecule has 0 atom stereocenters. The Balaban J connectivity index is 0.621. The van der Waals surface area contributed by atoms with Gasteiger partial charge in [-0.25, -0.2) is 19.9 Å². The van der Waals surface area contributed by atoms with Crippen LogP contribution in [0.3, 0.4) is 0 Å². The Bertz CT molecular complexity index is 6660. The van der Waals surface area contributed by atoms with Gasteiger partial charge >= 0.3 is 0 Å². The molecular weight excluding hydrogens is 1360 g/mol. The van der Waals surface area contributed by atoms with Crippen LogP contribution in [-0.2, 0) is 10.8 Å². The Morgan fingerprint density at radius 2 is 0.455 bits per heavy atom. The highest BCUT2D eigenvalue weighted by Crippen LogP contribution is 2.64. The van der Waals surface area contributed by atoms with E-state index < -0.39 is 10.8 Å². The van der Waals surface area contributed by atoms with E-state index in [2.05, 4.69) is 370 Å². The minimum atomic E-state index is -0.539. The van der Waals surface area contributed by atoms with Gasteiger partial charge in [-0.2, -0.15) is 0 Å². The van der Waals surface area contributed by atoms with Crippen molar-refractivity contribution >= 4 is 0 Å². The van der Waals surface area contributed by atoms with Crippen LogP contribution in [-0.4, -0.2) is 19.9 Å². The summed E-state index contributed by atoms with van der Waals surface area (Å²) in [7, 11) is 0. The van der Waals surface area contributed by atoms with E-state index in [0.717, 1.165) is 157 Å². The Morgan fingerprint density at radius 1 is 0.152 bits per heavy atom. The van der Waals surface area contributed by atoms with Crippen LogP contribution in [0.15, 0.2) is 400 Å². The summed E-state index contributed by atoms with van der Waals surface area (Å²) in [4.78, 5) is 21.6. The van der Waals surface area contributed by atoms with Crippen LogP contribution < -0.4 is 9.47 Å². The molecule has 0 amide bonds. The third-order valence-electron chi connectivity index (χ3n) is 23.3. The molecule has 16 aromatic carbocycles. The van der Waals surface area contributed by atoms with Crippen molar-refractivity contribution in [3.05, 3.63) is 445 Å². The van der Waals surface area contributed by atoms with Gasteiger partial charge in [0.15, 0.2) is 11.6 Å². The maximum absolute atomic E-state index is 6.98. The second kappa shape index (κ2) is 26.0. The molecule has 0 fully saturated rings. The van der Waals surface area contributed by atoms with Gasteiger partial charge in [0.25, 0.3) is 0 Å². The van der Waals surface area contributed by atoms with Gasteiger partial charge in [0.1, 0.15) is 23.0 Å². The highest BCUT2D eigenvalue weighted by atomic mass is 16.5. The van der Waals surface area contributed by atoms with Crippen molar-refractivity contribution in [1.29, 1.82) is 0 Å². The van der Waals surface area contributed by atoms with Crippen molar-refractivity contribution in [2.45, 2.75) is 10.8 Å². The van der Waals surface area contributed by atoms with Crippen LogP contribution in [0.25, 0.3) is 146 Å². The van der Waals surface area contributed by atoms with Gasteiger partial charge in [0.05, 0.1) is 33.6 Å². The minimum absolute atomic E-state index is 0.536. The Hall–Kier alpha value is -14.7. The lowest BCUT2D eigenvalue weighted by atomic mass is 9.66. The number of para-hydroxylation sites is 2. The van der Waals surface area contributed by atoms with Crippen LogP contribution in [0.2, 0.25) is 0 Å². The quantitative estimate of drug-likeness (QED) is 0.129. The van der Waals surface area contributed by atoms with Crippen LogP contribution in [0.1, 0.15) is 44.5 Å². The SMILES string of the molecule is c1ccc(-c2cc(-c3ccc(-c4ccccc4-c4ccc5c(c4)Oc4ccccc4C54c5ccccc5-c5ccccc54)cc3)nc(-c3cccc(-c4ccc(-c5ccc(-c6ccc7c(c6)Oc6ccccc6C76c7ccccc7-c7ccccc76)cc5)c(-c5cc(-c6ccccc6)nc(-c6ccccc6)n5)c4)c3)n2)cc1. The summed E-state index contributed by atoms with van der Waals surface area (Å²) in [6.45, 7) is 0. The van der Waals surface area contributed by atoms with Gasteiger partial charge in [-0.15, -0.1) is 0 Å². The first-order chi connectivity index (χ1) is 55.5. The van der Waals surface area contributed by atoms with E-state index in [4.69, 9.17) is 29.4 Å². The predicted octanol–water partition coefficient (Wildman–Crippen LogP) is 26.5. The van der Waals surface area contributed by atoms with E-state index in [-0.39, 0.29) is 0 Å². The number of ether oxygens (including phenoxy) is 2. The van der Waals surface area contributed by atoms with Gasteiger partial charge in [-0.05, 0) is 149 Å². The van der Waals surface area contributed by atoms with E-state index in [1.807, 2.05) is 30.3 Å². The Morgan fingerprint density at radius 3 is 0.964 bits per heavy atom. The summed E-state index contributed by atoms with van der Waals surface area (Å²) in [6, 6.07) is 143. The molecule has 22 rings (SSSR count). The topological polar surface area (TPSA) is 70.0 Å². The van der Waals surface area contributed by atoms with Crippen molar-refractivity contribution in [2.75, 3.05) is 0 Å². The lowest BCUT2D eigenvalue weighted by molar-refractivity contribution is 0.436. The van der Waals surface area contributed by atoms with Crippen LogP contribution >= 0.6 is 0 Å². The molecule has 0 saturated carbocycles. The summed E-state index contributed by atoms with van der Waals surface area (Å²) in [5, 5.41) is 0. The second-order valence-electron chi connectivity index (χ2n) is 29.4. The standard InChI is InChI=1S/C106H66N4O2/c1-4-25-70(26-5-1)95-65-96(72-53-51-68(52-54-72)79-33-10-11-34-80(79)77-57-60-94-102(64-77)112-100-46-23-21-44-92(100)106(94)89-41-18-14-37-84(89)85-38-15-19-42-90(85)106)109-104(108-95)78-32-24-31-74(61-78)75-55-58-81(86(62-75)98-66-97(71-27-6-2-7-28-71)107-103(110-98)73-29-8-3-9-30-73)69-49-47-67(48-50-69)76-56-59-93-101(63-76)111-99-45-22-20-43-91(99)105(93)87-39-16-12-35-82(87)83-36-13-17-40-88(83)105/h1-66H. The number of hydrogen-bond acceptors (Lipinski definition) is 6. The van der Waals surface area contributed by atoms with Crippen LogP contribution in [0, 0.1) is 0 Å². The zero-order chi connectivity index (χ0) is 73.9. The van der Waals surface area contributed by atoms with Crippen molar-refractivity contribution in [2.24, 2.45) is 0 Å². The molecule has 0 unspecified atom stereocenters. The fourth-order valence-corrected chi connectivity index (χ4v) is 18.3. The highest BCUT2D eigenvalue weighted by molar-refractivity contribution is 5.94. The largest absolute Gasteiger partial charge is 0.457 e. The van der Waals surface area contributed by atoms with Gasteiger partial charge in [-0.3, -0.25) is 0 Å². The van der Waals surface area contributed by atoms with E-state index in [9.17, 15) is 0 Å².